The molecule has 0 bridgehead atoms. The van der Waals surface area contributed by atoms with E-state index in [1.54, 1.807) is 18.3 Å². The van der Waals surface area contributed by atoms with E-state index in [2.05, 4.69) is 66.6 Å². The fraction of sp³-hybridized carbons (Fsp3) is 0.179. The molecule has 32 heavy (non-hydrogen) atoms. The Morgan fingerprint density at radius 1 is 1.06 bits per heavy atom. The van der Waals surface area contributed by atoms with Crippen molar-refractivity contribution in [3.05, 3.63) is 88.8 Å². The van der Waals surface area contributed by atoms with Crippen LogP contribution in [0, 0.1) is 18.8 Å². The molecule has 0 fully saturated rings. The minimum absolute atomic E-state index is 0.00901. The van der Waals surface area contributed by atoms with Gasteiger partial charge in [-0.15, -0.1) is 17.3 Å². The predicted molar refractivity (Wildman–Crippen MR) is 131 cm³/mol. The average Bonchev–Trinajstić information content (AvgIpc) is 3.21. The van der Waals surface area contributed by atoms with Crippen LogP contribution in [0.25, 0.3) is 21.2 Å². The van der Waals surface area contributed by atoms with Crippen LogP contribution in [0.4, 0.5) is 0 Å². The maximum absolute atomic E-state index is 11.1. The lowest BCUT2D eigenvalue weighted by atomic mass is 9.96. The van der Waals surface area contributed by atoms with Crippen LogP contribution in [-0.2, 0) is 11.4 Å². The summed E-state index contributed by atoms with van der Waals surface area (Å²) in [6.45, 7) is 4.33. The zero-order valence-corrected chi connectivity index (χ0v) is 18.9. The van der Waals surface area contributed by atoms with Crippen molar-refractivity contribution in [3.8, 4) is 28.7 Å². The molecule has 1 aromatic heterocycles. The van der Waals surface area contributed by atoms with Gasteiger partial charge in [-0.1, -0.05) is 48.4 Å². The second-order valence-corrected chi connectivity index (χ2v) is 8.61. The lowest BCUT2D eigenvalue weighted by molar-refractivity contribution is -0.137. The Morgan fingerprint density at radius 2 is 1.84 bits per heavy atom. The summed E-state index contributed by atoms with van der Waals surface area (Å²) in [5.41, 5.74) is 5.78. The molecule has 4 heteroatoms. The predicted octanol–water partition coefficient (Wildman–Crippen LogP) is 7.04. The van der Waals surface area contributed by atoms with Gasteiger partial charge in [-0.2, -0.15) is 0 Å². The number of benzene rings is 3. The maximum Gasteiger partial charge on any atom is 0.304 e. The molecule has 0 aliphatic rings. The average molecular weight is 441 g/mol. The molecule has 0 saturated heterocycles. The van der Waals surface area contributed by atoms with Crippen LogP contribution in [0.5, 0.6) is 5.75 Å². The Kier molecular flexibility index (Phi) is 6.58. The van der Waals surface area contributed by atoms with Crippen molar-refractivity contribution < 1.29 is 14.6 Å². The molecule has 0 unspecified atom stereocenters. The van der Waals surface area contributed by atoms with Gasteiger partial charge in [0.25, 0.3) is 0 Å². The van der Waals surface area contributed by atoms with E-state index in [1.165, 1.54) is 26.8 Å². The van der Waals surface area contributed by atoms with E-state index >= 15 is 0 Å². The van der Waals surface area contributed by atoms with Gasteiger partial charge in [0.15, 0.2) is 0 Å². The molecule has 160 valence electrons. The lowest BCUT2D eigenvalue weighted by Crippen LogP contribution is -2.04. The van der Waals surface area contributed by atoms with Gasteiger partial charge in [0.1, 0.15) is 12.4 Å². The number of fused-ring (bicyclic) bond motifs is 1. The van der Waals surface area contributed by atoms with Gasteiger partial charge in [0.2, 0.25) is 0 Å². The van der Waals surface area contributed by atoms with Crippen LogP contribution in [0.15, 0.2) is 72.1 Å². The lowest BCUT2D eigenvalue weighted by Gasteiger charge is -2.11. The number of aryl methyl sites for hydroxylation is 1. The van der Waals surface area contributed by atoms with Gasteiger partial charge in [-0.3, -0.25) is 4.79 Å². The van der Waals surface area contributed by atoms with E-state index in [0.717, 1.165) is 16.9 Å². The van der Waals surface area contributed by atoms with Crippen molar-refractivity contribution in [3.63, 3.8) is 0 Å². The highest BCUT2D eigenvalue weighted by Crippen LogP contribution is 2.36. The molecule has 0 spiro atoms. The number of carbonyl (C=O) groups is 1. The molecule has 0 radical (unpaired) electrons. The second kappa shape index (κ2) is 9.72. The Morgan fingerprint density at radius 3 is 2.56 bits per heavy atom. The van der Waals surface area contributed by atoms with Crippen LogP contribution in [0.1, 0.15) is 36.0 Å². The normalized spacial score (nSPS) is 11.6. The second-order valence-electron chi connectivity index (χ2n) is 7.70. The quantitative estimate of drug-likeness (QED) is 0.314. The third kappa shape index (κ3) is 4.85. The summed E-state index contributed by atoms with van der Waals surface area (Å²) in [7, 11) is 0. The maximum atomic E-state index is 11.1. The van der Waals surface area contributed by atoms with Gasteiger partial charge in [-0.05, 0) is 65.7 Å². The first-order chi connectivity index (χ1) is 15.5. The van der Waals surface area contributed by atoms with Crippen molar-refractivity contribution in [2.75, 3.05) is 0 Å². The smallest absolute Gasteiger partial charge is 0.304 e. The number of hydrogen-bond donors (Lipinski definition) is 1. The Labute approximate surface area is 192 Å². The molecule has 3 nitrogen and oxygen atoms in total. The van der Waals surface area contributed by atoms with Crippen molar-refractivity contribution in [1.29, 1.82) is 0 Å². The van der Waals surface area contributed by atoms with Crippen LogP contribution < -0.4 is 4.74 Å². The van der Waals surface area contributed by atoms with Gasteiger partial charge < -0.3 is 9.84 Å². The summed E-state index contributed by atoms with van der Waals surface area (Å²) < 4.78 is 7.28. The Bertz CT molecular complexity index is 1310. The molecule has 4 rings (SSSR count). The largest absolute Gasteiger partial charge is 0.489 e. The highest BCUT2D eigenvalue weighted by molar-refractivity contribution is 7.17. The first-order valence-corrected chi connectivity index (χ1v) is 11.4. The highest BCUT2D eigenvalue weighted by atomic mass is 32.1. The topological polar surface area (TPSA) is 46.5 Å². The molecule has 1 N–H and O–H groups in total. The fourth-order valence-corrected chi connectivity index (χ4v) is 4.76. The first kappa shape index (κ1) is 21.7. The van der Waals surface area contributed by atoms with Gasteiger partial charge >= 0.3 is 5.97 Å². The molecule has 0 saturated carbocycles. The number of thiophene rings is 1. The summed E-state index contributed by atoms with van der Waals surface area (Å²) in [4.78, 5) is 11.1. The van der Waals surface area contributed by atoms with E-state index in [1.807, 2.05) is 24.3 Å². The minimum atomic E-state index is -0.855. The summed E-state index contributed by atoms with van der Waals surface area (Å²) >= 11 is 1.76. The summed E-state index contributed by atoms with van der Waals surface area (Å²) in [6.07, 6.45) is -0.00901. The van der Waals surface area contributed by atoms with Crippen LogP contribution in [0.2, 0.25) is 0 Å². The zero-order chi connectivity index (χ0) is 22.5. The number of rotatable bonds is 7. The highest BCUT2D eigenvalue weighted by Gasteiger charge is 2.13. The summed E-state index contributed by atoms with van der Waals surface area (Å²) in [5, 5.41) is 12.6. The molecule has 1 atom stereocenters. The molecule has 0 aliphatic heterocycles. The van der Waals surface area contributed by atoms with E-state index in [9.17, 15) is 4.79 Å². The van der Waals surface area contributed by atoms with Gasteiger partial charge in [0.05, 0.1) is 12.3 Å². The molecule has 0 aliphatic carbocycles. The number of carboxylic acid groups (broad SMARTS) is 1. The zero-order valence-electron chi connectivity index (χ0n) is 18.1. The fourth-order valence-electron chi connectivity index (χ4n) is 3.81. The van der Waals surface area contributed by atoms with Crippen LogP contribution in [-0.4, -0.2) is 11.1 Å². The number of aliphatic carboxylic acids is 1. The molecular formula is C28H24O3S. The SMILES string of the molecule is CC#C[C@@H](CC(=O)O)c1ccc(OCc2ccc3scc(-c4ccccc4C)c3c2)cc1. The van der Waals surface area contributed by atoms with E-state index in [-0.39, 0.29) is 12.3 Å². The molecule has 3 aromatic carbocycles. The summed E-state index contributed by atoms with van der Waals surface area (Å²) in [5.74, 6) is 5.38. The number of carboxylic acids is 1. The van der Waals surface area contributed by atoms with Crippen LogP contribution in [0.3, 0.4) is 0 Å². The summed E-state index contributed by atoms with van der Waals surface area (Å²) in [6, 6.07) is 22.5. The first-order valence-electron chi connectivity index (χ1n) is 10.5. The van der Waals surface area contributed by atoms with Gasteiger partial charge in [0, 0.05) is 15.6 Å². The third-order valence-electron chi connectivity index (χ3n) is 5.46. The third-order valence-corrected chi connectivity index (χ3v) is 6.42. The molecule has 0 amide bonds. The van der Waals surface area contributed by atoms with Crippen LogP contribution >= 0.6 is 11.3 Å². The van der Waals surface area contributed by atoms with E-state index in [0.29, 0.717) is 6.61 Å². The minimum Gasteiger partial charge on any atom is -0.489 e. The van der Waals surface area contributed by atoms with E-state index in [4.69, 9.17) is 9.84 Å². The van der Waals surface area contributed by atoms with Crippen molar-refractivity contribution >= 4 is 27.4 Å². The standard InChI is InChI=1S/C28H24O3S/c1-3-6-22(16-28(29)30)21-10-12-23(13-11-21)31-17-20-9-14-27-25(15-20)26(18-32-27)24-8-5-4-7-19(24)2/h4-5,7-15,18,22H,16-17H2,1-2H3,(H,29,30)/t22-/m0/s1. The van der Waals surface area contributed by atoms with Crippen molar-refractivity contribution in [2.24, 2.45) is 0 Å². The van der Waals surface area contributed by atoms with Crippen molar-refractivity contribution in [1.82, 2.24) is 0 Å². The monoisotopic (exact) mass is 440 g/mol. The number of hydrogen-bond acceptors (Lipinski definition) is 3. The number of ether oxygens (including phenoxy) is 1. The van der Waals surface area contributed by atoms with Gasteiger partial charge in [-0.25, -0.2) is 0 Å². The molecule has 4 aromatic rings. The van der Waals surface area contributed by atoms with Crippen molar-refractivity contribution in [2.45, 2.75) is 32.8 Å². The Balaban J connectivity index is 1.51. The van der Waals surface area contributed by atoms with E-state index < -0.39 is 5.97 Å². The molecule has 1 heterocycles. The molecular weight excluding hydrogens is 416 g/mol. The Hall–Kier alpha value is -3.55.